The minimum Gasteiger partial charge on any atom is -0.489 e. The number of aliphatic hydroxyl groups is 2. The number of aliphatic hydroxyl groups excluding tert-OH is 2. The van der Waals surface area contributed by atoms with E-state index in [9.17, 15) is 19.8 Å². The van der Waals surface area contributed by atoms with Crippen LogP contribution in [0.25, 0.3) is 0 Å². The van der Waals surface area contributed by atoms with Crippen molar-refractivity contribution in [2.24, 2.45) is 5.92 Å². The smallest absolute Gasteiger partial charge is 0.226 e. The Labute approximate surface area is 207 Å². The molecule has 0 aliphatic carbocycles. The van der Waals surface area contributed by atoms with Gasteiger partial charge < -0.3 is 25.2 Å². The number of hydrogen-bond acceptors (Lipinski definition) is 5. The van der Waals surface area contributed by atoms with Crippen LogP contribution in [-0.4, -0.2) is 58.8 Å². The predicted octanol–water partition coefficient (Wildman–Crippen LogP) is 2.85. The van der Waals surface area contributed by atoms with Gasteiger partial charge in [0.05, 0.1) is 31.2 Å². The second kappa shape index (κ2) is 13.7. The zero-order chi connectivity index (χ0) is 25.0. The number of likely N-dealkylation sites (tertiary alicyclic amines) is 1. The van der Waals surface area contributed by atoms with Crippen molar-refractivity contribution in [1.29, 1.82) is 0 Å². The normalized spacial score (nSPS) is 17.0. The van der Waals surface area contributed by atoms with E-state index in [0.717, 1.165) is 29.7 Å². The number of hydrogen-bond donors (Lipinski definition) is 3. The number of amides is 2. The van der Waals surface area contributed by atoms with Crippen LogP contribution < -0.4 is 10.1 Å². The van der Waals surface area contributed by atoms with Crippen LogP contribution in [-0.2, 0) is 22.6 Å². The first-order valence-electron chi connectivity index (χ1n) is 12.2. The molecule has 3 atom stereocenters. The van der Waals surface area contributed by atoms with E-state index < -0.39 is 12.0 Å². The molecule has 7 heteroatoms. The lowest BCUT2D eigenvalue weighted by atomic mass is 9.98. The van der Waals surface area contributed by atoms with Crippen molar-refractivity contribution in [3.05, 3.63) is 78.4 Å². The van der Waals surface area contributed by atoms with Crippen molar-refractivity contribution >= 4 is 11.8 Å². The Morgan fingerprint density at radius 3 is 2.51 bits per heavy atom. The number of ether oxygens (including phenoxy) is 1. The number of allylic oxidation sites excluding steroid dienone is 1. The molecule has 1 aliphatic rings. The highest BCUT2D eigenvalue weighted by Crippen LogP contribution is 2.23. The fourth-order valence-electron chi connectivity index (χ4n) is 4.44. The fraction of sp³-hybridized carbons (Fsp3) is 0.429. The first-order valence-corrected chi connectivity index (χ1v) is 12.2. The second-order valence-corrected chi connectivity index (χ2v) is 9.01. The lowest BCUT2D eigenvalue weighted by Crippen LogP contribution is -2.44. The van der Waals surface area contributed by atoms with Gasteiger partial charge in [-0.2, -0.15) is 0 Å². The molecular weight excluding hydrogens is 444 g/mol. The summed E-state index contributed by atoms with van der Waals surface area (Å²) in [5.74, 6) is -0.189. The summed E-state index contributed by atoms with van der Waals surface area (Å²) in [6, 6.07) is 16.9. The number of carbonyl (C=O) groups excluding carboxylic acids is 2. The van der Waals surface area contributed by atoms with Gasteiger partial charge in [-0.15, -0.1) is 6.58 Å². The van der Waals surface area contributed by atoms with Gasteiger partial charge in [0, 0.05) is 13.0 Å². The quantitative estimate of drug-likeness (QED) is 0.383. The molecule has 35 heavy (non-hydrogen) atoms. The number of rotatable bonds is 13. The van der Waals surface area contributed by atoms with Crippen LogP contribution >= 0.6 is 0 Å². The summed E-state index contributed by atoms with van der Waals surface area (Å²) >= 11 is 0. The Balaban J connectivity index is 1.51. The summed E-state index contributed by atoms with van der Waals surface area (Å²) in [6.45, 7) is 4.53. The standard InChI is InChI=1S/C28H36N2O5/c1-2-7-23(28(34)30-15-6-10-25(30)19-32)17-27(33)29-24(18-31)16-21-11-13-26(14-12-21)35-20-22-8-4-3-5-9-22/h2-5,8-9,11-14,23-25,31-32H,1,6-7,10,15-20H2,(H,29,33)/t23-,24+,25+/m1/s1. The first-order chi connectivity index (χ1) is 17.0. The third-order valence-corrected chi connectivity index (χ3v) is 6.34. The lowest BCUT2D eigenvalue weighted by molar-refractivity contribution is -0.139. The molecule has 1 saturated heterocycles. The zero-order valence-electron chi connectivity index (χ0n) is 20.1. The summed E-state index contributed by atoms with van der Waals surface area (Å²) in [7, 11) is 0. The molecule has 0 spiro atoms. The van der Waals surface area contributed by atoms with Gasteiger partial charge in [-0.1, -0.05) is 48.5 Å². The van der Waals surface area contributed by atoms with E-state index in [-0.39, 0.29) is 37.5 Å². The summed E-state index contributed by atoms with van der Waals surface area (Å²) in [6.07, 6.45) is 4.13. The van der Waals surface area contributed by atoms with Crippen LogP contribution in [0.2, 0.25) is 0 Å². The van der Waals surface area contributed by atoms with Crippen LogP contribution in [0.5, 0.6) is 5.75 Å². The molecule has 1 fully saturated rings. The second-order valence-electron chi connectivity index (χ2n) is 9.01. The highest BCUT2D eigenvalue weighted by Gasteiger charge is 2.33. The average molecular weight is 481 g/mol. The Bertz CT molecular complexity index is 948. The molecule has 1 aliphatic heterocycles. The Kier molecular flexibility index (Phi) is 10.3. The molecule has 0 radical (unpaired) electrons. The van der Waals surface area contributed by atoms with Crippen molar-refractivity contribution in [3.8, 4) is 5.75 Å². The van der Waals surface area contributed by atoms with Gasteiger partial charge >= 0.3 is 0 Å². The van der Waals surface area contributed by atoms with Crippen molar-refractivity contribution in [1.82, 2.24) is 10.2 Å². The SMILES string of the molecule is C=CC[C@H](CC(=O)N[C@H](CO)Cc1ccc(OCc2ccccc2)cc1)C(=O)N1CCC[C@H]1CO. The first kappa shape index (κ1) is 26.4. The fourth-order valence-corrected chi connectivity index (χ4v) is 4.44. The van der Waals surface area contributed by atoms with E-state index >= 15 is 0 Å². The monoisotopic (exact) mass is 480 g/mol. The van der Waals surface area contributed by atoms with E-state index in [0.29, 0.717) is 26.0 Å². The highest BCUT2D eigenvalue weighted by molar-refractivity contribution is 5.86. The van der Waals surface area contributed by atoms with Gasteiger partial charge in [0.1, 0.15) is 12.4 Å². The molecule has 2 aromatic carbocycles. The van der Waals surface area contributed by atoms with Gasteiger partial charge in [-0.25, -0.2) is 0 Å². The number of benzene rings is 2. The van der Waals surface area contributed by atoms with Crippen LogP contribution in [0, 0.1) is 5.92 Å². The van der Waals surface area contributed by atoms with Crippen molar-refractivity contribution in [3.63, 3.8) is 0 Å². The summed E-state index contributed by atoms with van der Waals surface area (Å²) in [5, 5.41) is 22.2. The van der Waals surface area contributed by atoms with E-state index in [2.05, 4.69) is 11.9 Å². The predicted molar refractivity (Wildman–Crippen MR) is 135 cm³/mol. The molecule has 2 aromatic rings. The van der Waals surface area contributed by atoms with Crippen LogP contribution in [0.1, 0.15) is 36.8 Å². The summed E-state index contributed by atoms with van der Waals surface area (Å²) in [4.78, 5) is 27.4. The molecule has 1 heterocycles. The van der Waals surface area contributed by atoms with Gasteiger partial charge in [0.2, 0.25) is 11.8 Å². The maximum absolute atomic E-state index is 13.0. The molecule has 2 amide bonds. The summed E-state index contributed by atoms with van der Waals surface area (Å²) in [5.41, 5.74) is 2.04. The third-order valence-electron chi connectivity index (χ3n) is 6.34. The Morgan fingerprint density at radius 2 is 1.86 bits per heavy atom. The molecule has 0 unspecified atom stereocenters. The molecule has 7 nitrogen and oxygen atoms in total. The molecule has 3 N–H and O–H groups in total. The van der Waals surface area contributed by atoms with Gasteiger partial charge in [0.25, 0.3) is 0 Å². The Morgan fingerprint density at radius 1 is 1.11 bits per heavy atom. The van der Waals surface area contributed by atoms with Crippen molar-refractivity contribution in [2.45, 2.75) is 50.8 Å². The molecule has 0 bridgehead atoms. The molecule has 3 rings (SSSR count). The molecular formula is C28H36N2O5. The molecule has 188 valence electrons. The topological polar surface area (TPSA) is 99.1 Å². The van der Waals surface area contributed by atoms with E-state index in [1.807, 2.05) is 54.6 Å². The summed E-state index contributed by atoms with van der Waals surface area (Å²) < 4.78 is 5.81. The average Bonchev–Trinajstić information content (AvgIpc) is 3.37. The number of nitrogens with one attached hydrogen (secondary N) is 1. The van der Waals surface area contributed by atoms with Gasteiger partial charge in [-0.05, 0) is 48.9 Å². The molecule has 0 saturated carbocycles. The zero-order valence-corrected chi connectivity index (χ0v) is 20.1. The lowest BCUT2D eigenvalue weighted by Gasteiger charge is -2.27. The number of carbonyl (C=O) groups is 2. The largest absolute Gasteiger partial charge is 0.489 e. The van der Waals surface area contributed by atoms with Crippen molar-refractivity contribution in [2.75, 3.05) is 19.8 Å². The maximum Gasteiger partial charge on any atom is 0.226 e. The minimum atomic E-state index is -0.528. The Hall–Kier alpha value is -3.16. The van der Waals surface area contributed by atoms with E-state index in [1.165, 1.54) is 0 Å². The molecule has 0 aromatic heterocycles. The number of nitrogens with zero attached hydrogens (tertiary/aromatic N) is 1. The van der Waals surface area contributed by atoms with Crippen LogP contribution in [0.15, 0.2) is 67.3 Å². The van der Waals surface area contributed by atoms with Crippen LogP contribution in [0.4, 0.5) is 0 Å². The third kappa shape index (κ3) is 7.94. The van der Waals surface area contributed by atoms with Gasteiger partial charge in [0.15, 0.2) is 0 Å². The van der Waals surface area contributed by atoms with E-state index in [1.54, 1.807) is 11.0 Å². The van der Waals surface area contributed by atoms with Crippen LogP contribution in [0.3, 0.4) is 0 Å². The van der Waals surface area contributed by atoms with Gasteiger partial charge in [-0.3, -0.25) is 9.59 Å². The van der Waals surface area contributed by atoms with Crippen molar-refractivity contribution < 1.29 is 24.5 Å². The highest BCUT2D eigenvalue weighted by atomic mass is 16.5. The maximum atomic E-state index is 13.0. The minimum absolute atomic E-state index is 0.0161. The van der Waals surface area contributed by atoms with E-state index in [4.69, 9.17) is 4.74 Å².